The molecule has 0 amide bonds. The minimum absolute atomic E-state index is 0.390. The topological polar surface area (TPSA) is 169 Å². The van der Waals surface area contributed by atoms with Crippen LogP contribution in [0.25, 0.3) is 0 Å². The monoisotopic (exact) mass is 326 g/mol. The summed E-state index contributed by atoms with van der Waals surface area (Å²) in [6.07, 6.45) is -14.0. The molecule has 2 aliphatic rings. The summed E-state index contributed by atoms with van der Waals surface area (Å²) in [4.78, 5) is 0. The van der Waals surface area contributed by atoms with Gasteiger partial charge < -0.3 is 50.0 Å². The summed E-state index contributed by atoms with van der Waals surface area (Å²) >= 11 is 0. The van der Waals surface area contributed by atoms with E-state index in [0.717, 1.165) is 0 Å². The number of rotatable bonds is 3. The Labute approximate surface area is 126 Å². The van der Waals surface area contributed by atoms with Crippen LogP contribution in [0.2, 0.25) is 0 Å². The molecule has 2 saturated heterocycles. The fourth-order valence-electron chi connectivity index (χ4n) is 2.41. The van der Waals surface area contributed by atoms with Crippen LogP contribution in [0.3, 0.4) is 0 Å². The molecule has 0 aliphatic carbocycles. The highest BCUT2D eigenvalue weighted by molar-refractivity contribution is 4.90. The molecule has 0 aromatic heterocycles. The summed E-state index contributed by atoms with van der Waals surface area (Å²) in [5.74, 6) is 0. The van der Waals surface area contributed by atoms with Gasteiger partial charge in [0.1, 0.15) is 42.7 Å². The maximum Gasteiger partial charge on any atom is 0.186 e. The molecule has 0 saturated carbocycles. The SMILES string of the molecule is C[C@@H]1O[C@@H](OC[C@H]2O[C@H](O)[C@H](O)[C@@H](O)[C@@H]2O)[C@H](O)[C@H](O)[C@H]1O. The third-order valence-electron chi connectivity index (χ3n) is 3.92. The predicted molar refractivity (Wildman–Crippen MR) is 67.2 cm³/mol. The summed E-state index contributed by atoms with van der Waals surface area (Å²) in [5.41, 5.74) is 0. The first-order valence-corrected chi connectivity index (χ1v) is 6.93. The van der Waals surface area contributed by atoms with E-state index in [9.17, 15) is 35.7 Å². The Kier molecular flexibility index (Phi) is 5.72. The molecule has 0 radical (unpaired) electrons. The third-order valence-corrected chi connectivity index (χ3v) is 3.92. The van der Waals surface area contributed by atoms with Gasteiger partial charge in [-0.05, 0) is 6.92 Å². The Balaban J connectivity index is 1.92. The molecule has 0 aromatic rings. The molecule has 10 atom stereocenters. The maximum absolute atomic E-state index is 9.76. The van der Waals surface area contributed by atoms with Crippen LogP contribution in [0.5, 0.6) is 0 Å². The summed E-state index contributed by atoms with van der Waals surface area (Å²) in [7, 11) is 0. The molecule has 7 N–H and O–H groups in total. The Hall–Kier alpha value is -0.400. The number of ether oxygens (including phenoxy) is 3. The second-order valence-electron chi connectivity index (χ2n) is 5.55. The summed E-state index contributed by atoms with van der Waals surface area (Å²) < 4.78 is 15.3. The van der Waals surface area contributed by atoms with E-state index in [1.807, 2.05) is 0 Å². The van der Waals surface area contributed by atoms with Gasteiger partial charge in [0.15, 0.2) is 12.6 Å². The van der Waals surface area contributed by atoms with Crippen LogP contribution in [-0.2, 0) is 14.2 Å². The Morgan fingerprint density at radius 1 is 0.727 bits per heavy atom. The van der Waals surface area contributed by atoms with E-state index in [1.54, 1.807) is 0 Å². The molecular weight excluding hydrogens is 304 g/mol. The third kappa shape index (κ3) is 3.41. The number of aliphatic hydroxyl groups is 7. The molecule has 0 aromatic carbocycles. The zero-order valence-electron chi connectivity index (χ0n) is 11.8. The van der Waals surface area contributed by atoms with Crippen molar-refractivity contribution in [2.75, 3.05) is 6.61 Å². The summed E-state index contributed by atoms with van der Waals surface area (Å²) in [6, 6.07) is 0. The van der Waals surface area contributed by atoms with E-state index >= 15 is 0 Å². The largest absolute Gasteiger partial charge is 0.388 e. The van der Waals surface area contributed by atoms with Gasteiger partial charge in [0.25, 0.3) is 0 Å². The van der Waals surface area contributed by atoms with Crippen LogP contribution in [0.4, 0.5) is 0 Å². The molecular formula is C12H22O10. The molecule has 22 heavy (non-hydrogen) atoms. The van der Waals surface area contributed by atoms with Crippen molar-refractivity contribution in [1.82, 2.24) is 0 Å². The van der Waals surface area contributed by atoms with Gasteiger partial charge in [-0.15, -0.1) is 0 Å². The lowest BCUT2D eigenvalue weighted by molar-refractivity contribution is -0.322. The highest BCUT2D eigenvalue weighted by Gasteiger charge is 2.45. The average molecular weight is 326 g/mol. The number of hydrogen-bond acceptors (Lipinski definition) is 10. The average Bonchev–Trinajstić information content (AvgIpc) is 2.49. The van der Waals surface area contributed by atoms with Gasteiger partial charge in [0.2, 0.25) is 0 Å². The van der Waals surface area contributed by atoms with Crippen molar-refractivity contribution in [1.29, 1.82) is 0 Å². The van der Waals surface area contributed by atoms with E-state index in [0.29, 0.717) is 0 Å². The van der Waals surface area contributed by atoms with Crippen LogP contribution in [0.1, 0.15) is 6.92 Å². The molecule has 0 bridgehead atoms. The standard InChI is InChI=1S/C12H22O10/c1-3-5(13)7(15)10(18)12(21-3)20-2-4-6(14)8(16)9(17)11(19)22-4/h3-19H,2H2,1H3/t3-,4+,5-,6+,7+,8-,9+,10+,11-,12+/m0/s1. The summed E-state index contributed by atoms with van der Waals surface area (Å²) in [5, 5.41) is 67.0. The van der Waals surface area contributed by atoms with Crippen LogP contribution in [0, 0.1) is 0 Å². The lowest BCUT2D eigenvalue weighted by atomic mass is 9.99. The van der Waals surface area contributed by atoms with Gasteiger partial charge in [0.05, 0.1) is 12.7 Å². The molecule has 0 unspecified atom stereocenters. The predicted octanol–water partition coefficient (Wildman–Crippen LogP) is -4.37. The van der Waals surface area contributed by atoms with Gasteiger partial charge in [-0.2, -0.15) is 0 Å². The van der Waals surface area contributed by atoms with E-state index in [-0.39, 0.29) is 6.61 Å². The zero-order valence-corrected chi connectivity index (χ0v) is 11.8. The molecule has 10 heteroatoms. The van der Waals surface area contributed by atoms with E-state index in [4.69, 9.17) is 14.2 Å². The van der Waals surface area contributed by atoms with Gasteiger partial charge in [0, 0.05) is 0 Å². The van der Waals surface area contributed by atoms with Crippen LogP contribution >= 0.6 is 0 Å². The van der Waals surface area contributed by atoms with E-state index in [2.05, 4.69) is 0 Å². The second kappa shape index (κ2) is 7.01. The first-order chi connectivity index (χ1) is 10.2. The number of hydrogen-bond donors (Lipinski definition) is 7. The zero-order chi connectivity index (χ0) is 16.6. The number of aliphatic hydroxyl groups excluding tert-OH is 7. The minimum atomic E-state index is -1.70. The molecule has 0 spiro atoms. The Bertz CT molecular complexity index is 334. The molecule has 2 heterocycles. The van der Waals surface area contributed by atoms with E-state index < -0.39 is 61.4 Å². The van der Waals surface area contributed by atoms with Crippen molar-refractivity contribution in [3.05, 3.63) is 0 Å². The van der Waals surface area contributed by atoms with Crippen molar-refractivity contribution >= 4 is 0 Å². The quantitative estimate of drug-likeness (QED) is 0.269. The van der Waals surface area contributed by atoms with Gasteiger partial charge >= 0.3 is 0 Å². The smallest absolute Gasteiger partial charge is 0.186 e. The summed E-state index contributed by atoms with van der Waals surface area (Å²) in [6.45, 7) is 1.09. The first-order valence-electron chi connectivity index (χ1n) is 6.93. The molecule has 2 fully saturated rings. The van der Waals surface area contributed by atoms with Crippen LogP contribution < -0.4 is 0 Å². The van der Waals surface area contributed by atoms with Crippen molar-refractivity contribution in [3.8, 4) is 0 Å². The Morgan fingerprint density at radius 2 is 1.32 bits per heavy atom. The molecule has 2 rings (SSSR count). The molecule has 2 aliphatic heterocycles. The fourth-order valence-corrected chi connectivity index (χ4v) is 2.41. The Morgan fingerprint density at radius 3 is 1.95 bits per heavy atom. The normalized spacial score (nSPS) is 53.5. The lowest BCUT2D eigenvalue weighted by Crippen LogP contribution is -2.60. The maximum atomic E-state index is 9.76. The van der Waals surface area contributed by atoms with Crippen molar-refractivity contribution in [2.24, 2.45) is 0 Å². The second-order valence-corrected chi connectivity index (χ2v) is 5.55. The first kappa shape index (κ1) is 17.9. The fraction of sp³-hybridized carbons (Fsp3) is 1.00. The van der Waals surface area contributed by atoms with Gasteiger partial charge in [-0.25, -0.2) is 0 Å². The van der Waals surface area contributed by atoms with Crippen molar-refractivity contribution in [2.45, 2.75) is 68.3 Å². The van der Waals surface area contributed by atoms with Crippen LogP contribution in [-0.4, -0.2) is 104 Å². The minimum Gasteiger partial charge on any atom is -0.388 e. The van der Waals surface area contributed by atoms with Gasteiger partial charge in [-0.3, -0.25) is 0 Å². The van der Waals surface area contributed by atoms with Crippen molar-refractivity contribution in [3.63, 3.8) is 0 Å². The molecule has 10 nitrogen and oxygen atoms in total. The highest BCUT2D eigenvalue weighted by Crippen LogP contribution is 2.24. The van der Waals surface area contributed by atoms with E-state index in [1.165, 1.54) is 6.92 Å². The van der Waals surface area contributed by atoms with Gasteiger partial charge in [-0.1, -0.05) is 0 Å². The molecule has 130 valence electrons. The van der Waals surface area contributed by atoms with Crippen LogP contribution in [0.15, 0.2) is 0 Å². The lowest BCUT2D eigenvalue weighted by Gasteiger charge is -2.41. The van der Waals surface area contributed by atoms with Crippen molar-refractivity contribution < 1.29 is 50.0 Å². The highest BCUT2D eigenvalue weighted by atomic mass is 16.7.